The zero-order valence-corrected chi connectivity index (χ0v) is 13.2. The molecule has 0 atom stereocenters. The van der Waals surface area contributed by atoms with E-state index < -0.39 is 5.97 Å². The predicted octanol–water partition coefficient (Wildman–Crippen LogP) is 3.19. The van der Waals surface area contributed by atoms with Gasteiger partial charge in [-0.1, -0.05) is 0 Å². The maximum Gasteiger partial charge on any atom is 0.338 e. The Bertz CT molecular complexity index is 754. The number of aryl methyl sites for hydroxylation is 1. The molecule has 23 heavy (non-hydrogen) atoms. The van der Waals surface area contributed by atoms with Gasteiger partial charge in [-0.15, -0.1) is 0 Å². The molecule has 0 aliphatic heterocycles. The smallest absolute Gasteiger partial charge is 0.338 e. The molecule has 2 aromatic rings. The fraction of sp³-hybridized carbons (Fsp3) is 0.333. The lowest BCUT2D eigenvalue weighted by molar-refractivity contribution is 0.0474. The second-order valence-electron chi connectivity index (χ2n) is 5.93. The molecule has 3 rings (SSSR count). The van der Waals surface area contributed by atoms with Gasteiger partial charge in [0.2, 0.25) is 5.78 Å². The van der Waals surface area contributed by atoms with Gasteiger partial charge in [-0.2, -0.15) is 0 Å². The summed E-state index contributed by atoms with van der Waals surface area (Å²) in [5, 5.41) is 9.21. The molecule has 1 aliphatic carbocycles. The molecule has 1 fully saturated rings. The van der Waals surface area contributed by atoms with Crippen LogP contribution >= 0.6 is 0 Å². The minimum Gasteiger partial charge on any atom is -0.508 e. The van der Waals surface area contributed by atoms with Crippen LogP contribution in [0.4, 0.5) is 0 Å². The number of hydrogen-bond donors (Lipinski definition) is 1. The third kappa shape index (κ3) is 3.13. The van der Waals surface area contributed by atoms with Gasteiger partial charge in [0.05, 0.1) is 5.56 Å². The number of esters is 1. The van der Waals surface area contributed by atoms with Crippen molar-refractivity contribution in [2.45, 2.75) is 32.7 Å². The molecule has 1 saturated carbocycles. The lowest BCUT2D eigenvalue weighted by Gasteiger charge is -2.08. The van der Waals surface area contributed by atoms with E-state index in [1.165, 1.54) is 24.3 Å². The second-order valence-corrected chi connectivity index (χ2v) is 5.93. The van der Waals surface area contributed by atoms with Crippen LogP contribution in [0.3, 0.4) is 0 Å². The van der Waals surface area contributed by atoms with Crippen LogP contribution in [0.1, 0.15) is 51.0 Å². The number of hydrogen-bond acceptors (Lipinski definition) is 4. The van der Waals surface area contributed by atoms with Crippen molar-refractivity contribution in [3.8, 4) is 5.75 Å². The summed E-state index contributed by atoms with van der Waals surface area (Å²) in [6.07, 6.45) is 2.31. The molecule has 1 aliphatic rings. The van der Waals surface area contributed by atoms with Crippen molar-refractivity contribution < 1.29 is 19.4 Å². The van der Waals surface area contributed by atoms with Gasteiger partial charge in [-0.3, -0.25) is 4.79 Å². The maximum atomic E-state index is 12.3. The average molecular weight is 313 g/mol. The number of carbonyl (C=O) groups is 2. The second kappa shape index (κ2) is 5.91. The molecule has 5 heteroatoms. The predicted molar refractivity (Wildman–Crippen MR) is 84.9 cm³/mol. The highest BCUT2D eigenvalue weighted by Gasteiger charge is 2.28. The number of carbonyl (C=O) groups excluding carboxylic acids is 2. The maximum absolute atomic E-state index is 12.3. The quantitative estimate of drug-likeness (QED) is 0.680. The monoisotopic (exact) mass is 313 g/mol. The number of Topliss-reactive ketones (excluding diaryl/α,β-unsaturated/α-hetero) is 1. The number of benzene rings is 1. The zero-order chi connectivity index (χ0) is 16.6. The molecule has 0 unspecified atom stereocenters. The van der Waals surface area contributed by atoms with Crippen LogP contribution in [0.5, 0.6) is 5.75 Å². The van der Waals surface area contributed by atoms with E-state index in [2.05, 4.69) is 4.57 Å². The van der Waals surface area contributed by atoms with Crippen LogP contribution in [0, 0.1) is 13.8 Å². The number of phenols is 1. The number of ether oxygens (including phenoxy) is 1. The Balaban J connectivity index is 1.66. The van der Waals surface area contributed by atoms with Crippen molar-refractivity contribution in [2.24, 2.45) is 0 Å². The Morgan fingerprint density at radius 1 is 1.22 bits per heavy atom. The summed E-state index contributed by atoms with van der Waals surface area (Å²) >= 11 is 0. The zero-order valence-electron chi connectivity index (χ0n) is 13.2. The fourth-order valence-electron chi connectivity index (χ4n) is 2.84. The van der Waals surface area contributed by atoms with Crippen molar-refractivity contribution in [2.75, 3.05) is 6.61 Å². The summed E-state index contributed by atoms with van der Waals surface area (Å²) in [6, 6.07) is 8.10. The SMILES string of the molecule is Cc1cc(C(=O)COC(=O)c2ccc(O)cc2)c(C)n1C1CC1. The first kappa shape index (κ1) is 15.3. The first-order valence-corrected chi connectivity index (χ1v) is 7.65. The van der Waals surface area contributed by atoms with E-state index in [-0.39, 0.29) is 18.1 Å². The van der Waals surface area contributed by atoms with E-state index in [4.69, 9.17) is 4.74 Å². The van der Waals surface area contributed by atoms with Crippen LogP contribution in [0.25, 0.3) is 0 Å². The lowest BCUT2D eigenvalue weighted by Crippen LogP contribution is -2.15. The summed E-state index contributed by atoms with van der Waals surface area (Å²) in [6.45, 7) is 3.64. The Morgan fingerprint density at radius 3 is 2.48 bits per heavy atom. The largest absolute Gasteiger partial charge is 0.508 e. The number of aromatic hydroxyl groups is 1. The van der Waals surface area contributed by atoms with Gasteiger partial charge in [0, 0.05) is 23.0 Å². The molecule has 0 radical (unpaired) electrons. The van der Waals surface area contributed by atoms with Gasteiger partial charge < -0.3 is 14.4 Å². The molecule has 0 amide bonds. The Hall–Kier alpha value is -2.56. The number of ketones is 1. The molecule has 1 aromatic heterocycles. The van der Waals surface area contributed by atoms with Gasteiger partial charge in [0.15, 0.2) is 6.61 Å². The molecule has 0 saturated heterocycles. The molecule has 1 aromatic carbocycles. The summed E-state index contributed by atoms with van der Waals surface area (Å²) in [5.74, 6) is -0.698. The standard InChI is InChI=1S/C18H19NO4/c1-11-9-16(12(2)19(11)14-5-6-14)17(21)10-23-18(22)13-3-7-15(20)8-4-13/h3-4,7-9,14,20H,5-6,10H2,1-2H3. The van der Waals surface area contributed by atoms with Gasteiger partial charge in [0.25, 0.3) is 0 Å². The average Bonchev–Trinajstić information content (AvgIpc) is 3.31. The topological polar surface area (TPSA) is 68.5 Å². The summed E-state index contributed by atoms with van der Waals surface area (Å²) in [4.78, 5) is 24.2. The van der Waals surface area contributed by atoms with Crippen molar-refractivity contribution >= 4 is 11.8 Å². The van der Waals surface area contributed by atoms with Crippen LogP contribution in [0.15, 0.2) is 30.3 Å². The fourth-order valence-corrected chi connectivity index (χ4v) is 2.84. The van der Waals surface area contributed by atoms with Gasteiger partial charge in [0.1, 0.15) is 5.75 Å². The van der Waals surface area contributed by atoms with Crippen LogP contribution in [0.2, 0.25) is 0 Å². The van der Waals surface area contributed by atoms with Crippen molar-refractivity contribution in [3.63, 3.8) is 0 Å². The van der Waals surface area contributed by atoms with Crippen molar-refractivity contribution in [1.82, 2.24) is 4.57 Å². The van der Waals surface area contributed by atoms with Gasteiger partial charge in [-0.25, -0.2) is 4.79 Å². The van der Waals surface area contributed by atoms with Crippen molar-refractivity contribution in [3.05, 3.63) is 52.8 Å². The van der Waals surface area contributed by atoms with Gasteiger partial charge in [-0.05, 0) is 57.0 Å². The molecular weight excluding hydrogens is 294 g/mol. The van der Waals surface area contributed by atoms with Crippen LogP contribution < -0.4 is 0 Å². The van der Waals surface area contributed by atoms with E-state index in [0.29, 0.717) is 17.2 Å². The third-order valence-electron chi connectivity index (χ3n) is 4.13. The molecular formula is C18H19NO4. The molecule has 1 N–H and O–H groups in total. The molecule has 0 spiro atoms. The third-order valence-corrected chi connectivity index (χ3v) is 4.13. The van der Waals surface area contributed by atoms with E-state index in [1.807, 2.05) is 19.9 Å². The summed E-state index contributed by atoms with van der Waals surface area (Å²) in [5.41, 5.74) is 2.93. The molecule has 5 nitrogen and oxygen atoms in total. The Kier molecular flexibility index (Phi) is 3.94. The first-order valence-electron chi connectivity index (χ1n) is 7.65. The first-order chi connectivity index (χ1) is 11.0. The Labute approximate surface area is 134 Å². The highest BCUT2D eigenvalue weighted by atomic mass is 16.5. The summed E-state index contributed by atoms with van der Waals surface area (Å²) < 4.78 is 7.27. The lowest BCUT2D eigenvalue weighted by atomic mass is 10.1. The number of phenolic OH excluding ortho intramolecular Hbond substituents is 1. The molecule has 1 heterocycles. The van der Waals surface area contributed by atoms with Crippen LogP contribution in [-0.2, 0) is 4.74 Å². The van der Waals surface area contributed by atoms with E-state index in [1.54, 1.807) is 0 Å². The highest BCUT2D eigenvalue weighted by molar-refractivity contribution is 6.00. The number of nitrogens with zero attached hydrogens (tertiary/aromatic N) is 1. The van der Waals surface area contributed by atoms with E-state index >= 15 is 0 Å². The van der Waals surface area contributed by atoms with Crippen LogP contribution in [-0.4, -0.2) is 28.0 Å². The number of rotatable bonds is 5. The molecule has 120 valence electrons. The van der Waals surface area contributed by atoms with Gasteiger partial charge >= 0.3 is 5.97 Å². The van der Waals surface area contributed by atoms with E-state index in [0.717, 1.165) is 24.2 Å². The molecule has 0 bridgehead atoms. The minimum atomic E-state index is -0.575. The van der Waals surface area contributed by atoms with E-state index in [9.17, 15) is 14.7 Å². The normalized spacial score (nSPS) is 13.8. The summed E-state index contributed by atoms with van der Waals surface area (Å²) in [7, 11) is 0. The minimum absolute atomic E-state index is 0.0742. The highest BCUT2D eigenvalue weighted by Crippen LogP contribution is 2.38. The van der Waals surface area contributed by atoms with Crippen molar-refractivity contribution in [1.29, 1.82) is 0 Å². The number of aromatic nitrogens is 1. The Morgan fingerprint density at radius 2 is 1.87 bits per heavy atom.